The lowest BCUT2D eigenvalue weighted by Gasteiger charge is -2.04. The first-order valence-corrected chi connectivity index (χ1v) is 10.1. The van der Waals surface area contributed by atoms with Gasteiger partial charge in [0.15, 0.2) is 0 Å². The summed E-state index contributed by atoms with van der Waals surface area (Å²) in [5, 5.41) is 8.66. The number of hydrogen-bond acceptors (Lipinski definition) is 4. The van der Waals surface area contributed by atoms with Crippen molar-refractivity contribution in [1.29, 1.82) is 0 Å². The Labute approximate surface area is 168 Å². The van der Waals surface area contributed by atoms with Gasteiger partial charge in [-0.2, -0.15) is 0 Å². The number of amides is 2. The third-order valence-corrected chi connectivity index (χ3v) is 5.13. The van der Waals surface area contributed by atoms with Crippen LogP contribution in [0.4, 0.5) is 5.69 Å². The van der Waals surface area contributed by atoms with Crippen molar-refractivity contribution in [2.75, 3.05) is 11.9 Å². The zero-order valence-electron chi connectivity index (χ0n) is 15.8. The average Bonchev–Trinajstić information content (AvgIpc) is 3.16. The zero-order chi connectivity index (χ0) is 19.8. The van der Waals surface area contributed by atoms with Crippen LogP contribution in [0.25, 0.3) is 10.6 Å². The molecule has 2 aromatic carbocycles. The Hall–Kier alpha value is -2.99. The first-order chi connectivity index (χ1) is 13.6. The predicted octanol–water partition coefficient (Wildman–Crippen LogP) is 4.06. The Morgan fingerprint density at radius 1 is 1.00 bits per heavy atom. The fourth-order valence-corrected chi connectivity index (χ4v) is 3.64. The van der Waals surface area contributed by atoms with Crippen LogP contribution < -0.4 is 10.6 Å². The molecule has 0 aliphatic heterocycles. The zero-order valence-corrected chi connectivity index (χ0v) is 16.6. The number of benzene rings is 2. The second-order valence-corrected chi connectivity index (χ2v) is 7.35. The van der Waals surface area contributed by atoms with Crippen molar-refractivity contribution in [2.45, 2.75) is 26.2 Å². The van der Waals surface area contributed by atoms with Crippen LogP contribution in [0.5, 0.6) is 0 Å². The molecule has 0 aliphatic carbocycles. The fraction of sp³-hybridized carbons (Fsp3) is 0.227. The molecule has 0 unspecified atom stereocenters. The minimum Gasteiger partial charge on any atom is -0.356 e. The fourth-order valence-electron chi connectivity index (χ4n) is 2.77. The summed E-state index contributed by atoms with van der Waals surface area (Å²) in [6, 6.07) is 17.6. The van der Waals surface area contributed by atoms with Crippen LogP contribution in [0.15, 0.2) is 60.0 Å². The lowest BCUT2D eigenvalue weighted by molar-refractivity contribution is -0.121. The first-order valence-electron chi connectivity index (χ1n) is 9.23. The molecule has 0 fully saturated rings. The molecule has 28 heavy (non-hydrogen) atoms. The van der Waals surface area contributed by atoms with Gasteiger partial charge in [0.2, 0.25) is 11.8 Å². The van der Waals surface area contributed by atoms with E-state index in [1.807, 2.05) is 60.0 Å². The lowest BCUT2D eigenvalue weighted by Crippen LogP contribution is -2.25. The Bertz CT molecular complexity index is 920. The quantitative estimate of drug-likeness (QED) is 0.606. The van der Waals surface area contributed by atoms with E-state index in [1.165, 1.54) is 12.5 Å². The summed E-state index contributed by atoms with van der Waals surface area (Å²) in [4.78, 5) is 27.7. The van der Waals surface area contributed by atoms with Gasteiger partial charge < -0.3 is 10.6 Å². The number of nitrogens with zero attached hydrogens (tertiary/aromatic N) is 1. The summed E-state index contributed by atoms with van der Waals surface area (Å²) in [5.41, 5.74) is 3.92. The number of aromatic nitrogens is 1. The topological polar surface area (TPSA) is 71.1 Å². The molecular weight excluding hydrogens is 370 g/mol. The normalized spacial score (nSPS) is 10.5. The molecule has 0 atom stereocenters. The van der Waals surface area contributed by atoms with Crippen LogP contribution in [-0.4, -0.2) is 23.3 Å². The molecule has 2 amide bonds. The maximum absolute atomic E-state index is 12.0. The average molecular weight is 394 g/mol. The molecule has 0 aliphatic rings. The molecule has 1 aromatic heterocycles. The number of aryl methyl sites for hydroxylation is 1. The second kappa shape index (κ2) is 9.80. The van der Waals surface area contributed by atoms with Crippen molar-refractivity contribution in [2.24, 2.45) is 0 Å². The van der Waals surface area contributed by atoms with Crippen LogP contribution in [0, 0.1) is 0 Å². The number of hydrogen-bond donors (Lipinski definition) is 2. The van der Waals surface area contributed by atoms with Crippen LogP contribution in [-0.2, 0) is 22.4 Å². The highest BCUT2D eigenvalue weighted by molar-refractivity contribution is 7.13. The molecular formula is C22H23N3O2S. The second-order valence-electron chi connectivity index (χ2n) is 6.49. The van der Waals surface area contributed by atoms with Crippen molar-refractivity contribution in [1.82, 2.24) is 10.3 Å². The summed E-state index contributed by atoms with van der Waals surface area (Å²) in [5.74, 6) is -0.0250. The molecule has 0 spiro atoms. The van der Waals surface area contributed by atoms with E-state index in [-0.39, 0.29) is 11.8 Å². The SMILES string of the molecule is CC(=O)Nc1ccc(-c2nc(CCNC(=O)CCc3ccccc3)cs2)cc1. The molecule has 0 radical (unpaired) electrons. The van der Waals surface area contributed by atoms with Crippen molar-refractivity contribution in [3.05, 3.63) is 71.2 Å². The van der Waals surface area contributed by atoms with Crippen LogP contribution in [0.1, 0.15) is 24.6 Å². The van der Waals surface area contributed by atoms with Gasteiger partial charge in [0.1, 0.15) is 5.01 Å². The maximum atomic E-state index is 12.0. The molecule has 0 saturated carbocycles. The molecule has 1 heterocycles. The molecule has 3 rings (SSSR count). The van der Waals surface area contributed by atoms with Gasteiger partial charge >= 0.3 is 0 Å². The summed E-state index contributed by atoms with van der Waals surface area (Å²) in [7, 11) is 0. The minimum absolute atomic E-state index is 0.0628. The van der Waals surface area contributed by atoms with Crippen molar-refractivity contribution < 1.29 is 9.59 Å². The van der Waals surface area contributed by atoms with Gasteiger partial charge in [0.05, 0.1) is 5.69 Å². The van der Waals surface area contributed by atoms with E-state index in [0.717, 1.165) is 28.4 Å². The third kappa shape index (κ3) is 6.03. The number of anilines is 1. The Kier molecular flexibility index (Phi) is 6.92. The summed E-state index contributed by atoms with van der Waals surface area (Å²) < 4.78 is 0. The minimum atomic E-state index is -0.0879. The number of carbonyl (C=O) groups is 2. The summed E-state index contributed by atoms with van der Waals surface area (Å²) in [6.45, 7) is 2.07. The van der Waals surface area contributed by atoms with E-state index in [2.05, 4.69) is 15.6 Å². The van der Waals surface area contributed by atoms with Crippen LogP contribution >= 0.6 is 11.3 Å². The van der Waals surface area contributed by atoms with E-state index in [1.54, 1.807) is 11.3 Å². The van der Waals surface area contributed by atoms with E-state index in [4.69, 9.17) is 0 Å². The molecule has 2 N–H and O–H groups in total. The first kappa shape index (κ1) is 19.8. The molecule has 5 nitrogen and oxygen atoms in total. The highest BCUT2D eigenvalue weighted by Gasteiger charge is 2.07. The maximum Gasteiger partial charge on any atom is 0.221 e. The van der Waals surface area contributed by atoms with E-state index < -0.39 is 0 Å². The van der Waals surface area contributed by atoms with Gasteiger partial charge in [-0.05, 0) is 36.2 Å². The molecule has 0 bridgehead atoms. The van der Waals surface area contributed by atoms with Gasteiger partial charge in [0, 0.05) is 42.9 Å². The summed E-state index contributed by atoms with van der Waals surface area (Å²) >= 11 is 1.58. The lowest BCUT2D eigenvalue weighted by atomic mass is 10.1. The molecule has 144 valence electrons. The van der Waals surface area contributed by atoms with Crippen LogP contribution in [0.3, 0.4) is 0 Å². The highest BCUT2D eigenvalue weighted by Crippen LogP contribution is 2.25. The highest BCUT2D eigenvalue weighted by atomic mass is 32.1. The van der Waals surface area contributed by atoms with Gasteiger partial charge in [-0.1, -0.05) is 30.3 Å². The smallest absolute Gasteiger partial charge is 0.221 e. The Balaban J connectivity index is 1.44. The van der Waals surface area contributed by atoms with Crippen molar-refractivity contribution >= 4 is 28.8 Å². The monoisotopic (exact) mass is 393 g/mol. The molecule has 6 heteroatoms. The number of thiazole rings is 1. The van der Waals surface area contributed by atoms with E-state index >= 15 is 0 Å². The predicted molar refractivity (Wildman–Crippen MR) is 113 cm³/mol. The number of carbonyl (C=O) groups excluding carboxylic acids is 2. The van der Waals surface area contributed by atoms with Gasteiger partial charge in [-0.3, -0.25) is 9.59 Å². The van der Waals surface area contributed by atoms with Gasteiger partial charge in [0.25, 0.3) is 0 Å². The van der Waals surface area contributed by atoms with Gasteiger partial charge in [-0.25, -0.2) is 4.98 Å². The number of rotatable bonds is 8. The molecule has 0 saturated heterocycles. The number of nitrogens with one attached hydrogen (secondary N) is 2. The van der Waals surface area contributed by atoms with Crippen LogP contribution in [0.2, 0.25) is 0 Å². The Morgan fingerprint density at radius 2 is 1.75 bits per heavy atom. The summed E-state index contributed by atoms with van der Waals surface area (Å²) in [6.07, 6.45) is 1.95. The van der Waals surface area contributed by atoms with Gasteiger partial charge in [-0.15, -0.1) is 11.3 Å². The third-order valence-electron chi connectivity index (χ3n) is 4.19. The largest absolute Gasteiger partial charge is 0.356 e. The molecule has 3 aromatic rings. The van der Waals surface area contributed by atoms with E-state index in [9.17, 15) is 9.59 Å². The standard InChI is InChI=1S/C22H23N3O2S/c1-16(26)24-19-10-8-18(9-11-19)22-25-20(15-28-22)13-14-23-21(27)12-7-17-5-3-2-4-6-17/h2-6,8-11,15H,7,12-14H2,1H3,(H,23,27)(H,24,26). The Morgan fingerprint density at radius 3 is 2.46 bits per heavy atom. The van der Waals surface area contributed by atoms with Crippen molar-refractivity contribution in [3.8, 4) is 10.6 Å². The van der Waals surface area contributed by atoms with Crippen molar-refractivity contribution in [3.63, 3.8) is 0 Å². The van der Waals surface area contributed by atoms with E-state index in [0.29, 0.717) is 19.4 Å².